The Balaban J connectivity index is 4.10. The number of nitrogens with zero attached hydrogens (tertiary/aromatic N) is 1. The maximum Gasteiger partial charge on any atom is 0.407 e. The topological polar surface area (TPSA) is 80.3 Å². The lowest BCUT2D eigenvalue weighted by Gasteiger charge is -2.20. The highest BCUT2D eigenvalue weighted by Crippen LogP contribution is 2.12. The number of alkyl carbamates (subject to hydrolysis) is 1. The third-order valence-corrected chi connectivity index (χ3v) is 10.1. The number of amides is 1. The molecular weight excluding hydrogens is 661 g/mol. The molecule has 314 valence electrons. The molecule has 0 radical (unpaired) electrons. The lowest BCUT2D eigenvalue weighted by atomic mass is 10.1. The average molecular weight is 751 g/mol. The fraction of sp³-hybridized carbons (Fsp3) is 0.891. The highest BCUT2D eigenvalue weighted by molar-refractivity contribution is 5.67. The van der Waals surface area contributed by atoms with E-state index in [1.807, 2.05) is 6.92 Å². The molecule has 53 heavy (non-hydrogen) atoms. The van der Waals surface area contributed by atoms with Crippen molar-refractivity contribution in [2.45, 2.75) is 207 Å². The van der Waals surface area contributed by atoms with Gasteiger partial charge in [-0.3, -0.25) is 4.90 Å². The molecule has 1 unspecified atom stereocenters. The van der Waals surface area contributed by atoms with Crippen molar-refractivity contribution in [1.82, 2.24) is 10.2 Å². The largest absolute Gasteiger partial charge is 0.448 e. The third-order valence-electron chi connectivity index (χ3n) is 10.1. The molecule has 0 aliphatic carbocycles. The average Bonchev–Trinajstić information content (AvgIpc) is 3.16. The summed E-state index contributed by atoms with van der Waals surface area (Å²) < 4.78 is 17.6. The molecule has 0 saturated heterocycles. The van der Waals surface area contributed by atoms with Gasteiger partial charge in [0, 0.05) is 32.8 Å². The summed E-state index contributed by atoms with van der Waals surface area (Å²) in [6.07, 6.45) is 45.2. The van der Waals surface area contributed by atoms with Gasteiger partial charge in [-0.1, -0.05) is 161 Å². The summed E-state index contributed by atoms with van der Waals surface area (Å²) in [6, 6.07) is 0. The summed E-state index contributed by atoms with van der Waals surface area (Å²) in [4.78, 5) is 14.4. The molecule has 0 aromatic carbocycles. The van der Waals surface area contributed by atoms with Crippen LogP contribution in [0, 0.1) is 0 Å². The maximum atomic E-state index is 12.3. The lowest BCUT2D eigenvalue weighted by molar-refractivity contribution is -0.0176. The number of hydrogen-bond acceptors (Lipinski definition) is 6. The van der Waals surface area contributed by atoms with Crippen molar-refractivity contribution in [3.8, 4) is 0 Å². The van der Waals surface area contributed by atoms with Crippen molar-refractivity contribution in [1.29, 1.82) is 0 Å². The van der Waals surface area contributed by atoms with Crippen molar-refractivity contribution >= 4 is 6.09 Å². The van der Waals surface area contributed by atoms with Gasteiger partial charge in [0.05, 0.1) is 19.3 Å². The van der Waals surface area contributed by atoms with Gasteiger partial charge in [0.1, 0.15) is 6.61 Å². The van der Waals surface area contributed by atoms with Gasteiger partial charge in [0.15, 0.2) is 0 Å². The number of aliphatic hydroxyl groups excluding tert-OH is 1. The summed E-state index contributed by atoms with van der Waals surface area (Å²) in [5.74, 6) is 0. The zero-order valence-electron chi connectivity index (χ0n) is 35.6. The molecule has 0 heterocycles. The van der Waals surface area contributed by atoms with Crippen LogP contribution < -0.4 is 5.32 Å². The van der Waals surface area contributed by atoms with Crippen molar-refractivity contribution in [3.05, 3.63) is 24.3 Å². The fourth-order valence-corrected chi connectivity index (χ4v) is 6.52. The van der Waals surface area contributed by atoms with Crippen LogP contribution >= 0.6 is 0 Å². The van der Waals surface area contributed by atoms with E-state index in [2.05, 4.69) is 48.4 Å². The number of rotatable bonds is 43. The first-order valence-corrected chi connectivity index (χ1v) is 22.9. The molecule has 1 amide bonds. The highest BCUT2D eigenvalue weighted by atomic mass is 16.6. The number of nitrogens with one attached hydrogen (secondary N) is 1. The SMILES string of the molecule is CCCCCCCCC=CCCCCCCCCOCC(CNC(=O)OCCN(CC)CCO)OCCCCCCCCC=CCCCCCCCC. The van der Waals surface area contributed by atoms with Crippen molar-refractivity contribution < 1.29 is 24.1 Å². The van der Waals surface area contributed by atoms with E-state index in [4.69, 9.17) is 19.3 Å². The van der Waals surface area contributed by atoms with Crippen molar-refractivity contribution in [2.24, 2.45) is 0 Å². The van der Waals surface area contributed by atoms with E-state index in [1.165, 1.54) is 167 Å². The highest BCUT2D eigenvalue weighted by Gasteiger charge is 2.13. The summed E-state index contributed by atoms with van der Waals surface area (Å²) in [7, 11) is 0. The van der Waals surface area contributed by atoms with Gasteiger partial charge in [0.25, 0.3) is 0 Å². The van der Waals surface area contributed by atoms with Crippen LogP contribution in [0.1, 0.15) is 201 Å². The molecule has 0 aliphatic rings. The summed E-state index contributed by atoms with van der Waals surface area (Å²) in [6.45, 7) is 11.3. The van der Waals surface area contributed by atoms with Crippen LogP contribution in [-0.2, 0) is 14.2 Å². The second-order valence-corrected chi connectivity index (χ2v) is 15.1. The molecule has 0 bridgehead atoms. The van der Waals surface area contributed by atoms with Gasteiger partial charge in [0.2, 0.25) is 0 Å². The van der Waals surface area contributed by atoms with Gasteiger partial charge in [-0.25, -0.2) is 4.79 Å². The second kappa shape index (κ2) is 45.0. The molecule has 0 aromatic rings. The van der Waals surface area contributed by atoms with Gasteiger partial charge in [-0.05, 0) is 70.8 Å². The van der Waals surface area contributed by atoms with Crippen LogP contribution in [0.5, 0.6) is 0 Å². The third kappa shape index (κ3) is 41.6. The molecule has 0 rings (SSSR count). The minimum Gasteiger partial charge on any atom is -0.448 e. The van der Waals surface area contributed by atoms with Crippen molar-refractivity contribution in [3.63, 3.8) is 0 Å². The number of aliphatic hydroxyl groups is 1. The molecule has 2 N–H and O–H groups in total. The zero-order chi connectivity index (χ0) is 38.6. The van der Waals surface area contributed by atoms with Crippen LogP contribution in [0.15, 0.2) is 24.3 Å². The molecule has 0 saturated carbocycles. The van der Waals surface area contributed by atoms with Gasteiger partial charge in [-0.15, -0.1) is 0 Å². The van der Waals surface area contributed by atoms with Gasteiger partial charge in [-0.2, -0.15) is 0 Å². The second-order valence-electron chi connectivity index (χ2n) is 15.1. The number of ether oxygens (including phenoxy) is 3. The summed E-state index contributed by atoms with van der Waals surface area (Å²) >= 11 is 0. The fourth-order valence-electron chi connectivity index (χ4n) is 6.52. The van der Waals surface area contributed by atoms with E-state index in [1.54, 1.807) is 0 Å². The lowest BCUT2D eigenvalue weighted by Crippen LogP contribution is -2.38. The number of unbranched alkanes of at least 4 members (excludes halogenated alkanes) is 24. The smallest absolute Gasteiger partial charge is 0.407 e. The maximum absolute atomic E-state index is 12.3. The molecule has 0 spiro atoms. The Hall–Kier alpha value is -1.41. The minimum atomic E-state index is -0.427. The molecule has 7 nitrogen and oxygen atoms in total. The van der Waals surface area contributed by atoms with Crippen LogP contribution in [0.4, 0.5) is 4.79 Å². The first kappa shape index (κ1) is 51.6. The van der Waals surface area contributed by atoms with E-state index < -0.39 is 6.09 Å². The Morgan fingerprint density at radius 3 is 1.45 bits per heavy atom. The molecular formula is C46H90N2O5. The van der Waals surface area contributed by atoms with Gasteiger partial charge >= 0.3 is 6.09 Å². The van der Waals surface area contributed by atoms with Crippen LogP contribution in [0.2, 0.25) is 0 Å². The minimum absolute atomic E-state index is 0.104. The van der Waals surface area contributed by atoms with E-state index in [-0.39, 0.29) is 12.7 Å². The Labute approximate surface area is 329 Å². The Kier molecular flexibility index (Phi) is 43.8. The number of allylic oxidation sites excluding steroid dienone is 4. The molecule has 0 fully saturated rings. The summed E-state index contributed by atoms with van der Waals surface area (Å²) in [5, 5.41) is 12.0. The Morgan fingerprint density at radius 2 is 1.00 bits per heavy atom. The van der Waals surface area contributed by atoms with Crippen LogP contribution in [0.25, 0.3) is 0 Å². The van der Waals surface area contributed by atoms with Crippen molar-refractivity contribution in [2.75, 3.05) is 59.2 Å². The molecule has 0 aliphatic heterocycles. The molecule has 0 aromatic heterocycles. The summed E-state index contributed by atoms with van der Waals surface area (Å²) in [5.41, 5.74) is 0. The Morgan fingerprint density at radius 1 is 0.566 bits per heavy atom. The molecule has 7 heteroatoms. The zero-order valence-corrected chi connectivity index (χ0v) is 35.6. The van der Waals surface area contributed by atoms with E-state index in [9.17, 15) is 4.79 Å². The van der Waals surface area contributed by atoms with E-state index in [0.717, 1.165) is 26.0 Å². The number of carbonyl (C=O) groups is 1. The normalized spacial score (nSPS) is 12.5. The number of hydrogen-bond donors (Lipinski definition) is 2. The molecule has 1 atom stereocenters. The standard InChI is InChI=1S/C46H90N2O5/c1-4-7-9-11-13-15-17-19-21-23-25-27-29-31-33-35-40-51-44-45(43-47-46(50)53-42-38-48(6-3)37-39-49)52-41-36-34-32-30-28-26-24-22-20-18-16-14-12-10-8-5-2/h19-22,45,49H,4-18,23-44H2,1-3H3,(H,47,50). The van der Waals surface area contributed by atoms with E-state index >= 15 is 0 Å². The Bertz CT molecular complexity index is 777. The number of likely N-dealkylation sites (N-methyl/N-ethyl adjacent to an activating group) is 1. The van der Waals surface area contributed by atoms with Crippen LogP contribution in [0.3, 0.4) is 0 Å². The first-order valence-electron chi connectivity index (χ1n) is 22.9. The first-order chi connectivity index (χ1) is 26.2. The van der Waals surface area contributed by atoms with E-state index in [0.29, 0.717) is 39.5 Å². The predicted octanol–water partition coefficient (Wildman–Crippen LogP) is 12.5. The van der Waals surface area contributed by atoms with Crippen LogP contribution in [-0.4, -0.2) is 81.4 Å². The number of carbonyl (C=O) groups excluding carboxylic acids is 1. The monoisotopic (exact) mass is 751 g/mol. The predicted molar refractivity (Wildman–Crippen MR) is 228 cm³/mol. The van der Waals surface area contributed by atoms with Gasteiger partial charge < -0.3 is 24.6 Å². The quantitative estimate of drug-likeness (QED) is 0.0477.